The molecule has 1 N–H and O–H groups in total. The summed E-state index contributed by atoms with van der Waals surface area (Å²) in [6, 6.07) is 8.27. The zero-order valence-electron chi connectivity index (χ0n) is 14.1. The van der Waals surface area contributed by atoms with Gasteiger partial charge in [0.15, 0.2) is 0 Å². The van der Waals surface area contributed by atoms with E-state index < -0.39 is 0 Å². The summed E-state index contributed by atoms with van der Waals surface area (Å²) in [4.78, 5) is 7.48. The van der Waals surface area contributed by atoms with E-state index in [-0.39, 0.29) is 6.04 Å². The number of nitrogens with zero attached hydrogens (tertiary/aromatic N) is 3. The highest BCUT2D eigenvalue weighted by atomic mass is 35.5. The SMILES string of the molecule is CC(NC1CC(C)N(C2CC2)C1)c1nc2cc(Cl)ccc2n1C. The Labute approximate surface area is 142 Å². The van der Waals surface area contributed by atoms with Gasteiger partial charge in [-0.3, -0.25) is 4.90 Å². The quantitative estimate of drug-likeness (QED) is 0.930. The van der Waals surface area contributed by atoms with Gasteiger partial charge in [-0.05, 0) is 51.3 Å². The predicted molar refractivity (Wildman–Crippen MR) is 94.9 cm³/mol. The van der Waals surface area contributed by atoms with Crippen LogP contribution in [0, 0.1) is 0 Å². The van der Waals surface area contributed by atoms with Gasteiger partial charge in [-0.1, -0.05) is 11.6 Å². The third-order valence-corrected chi connectivity index (χ3v) is 5.62. The molecule has 0 spiro atoms. The first-order valence-electron chi connectivity index (χ1n) is 8.66. The third kappa shape index (κ3) is 2.88. The summed E-state index contributed by atoms with van der Waals surface area (Å²) in [5, 5.41) is 4.54. The molecule has 2 heterocycles. The molecule has 3 unspecified atom stereocenters. The van der Waals surface area contributed by atoms with E-state index >= 15 is 0 Å². The van der Waals surface area contributed by atoms with Crippen LogP contribution in [0.5, 0.6) is 0 Å². The first-order chi connectivity index (χ1) is 11.0. The number of imidazole rings is 1. The second-order valence-electron chi connectivity index (χ2n) is 7.26. The van der Waals surface area contributed by atoms with E-state index in [1.807, 2.05) is 18.2 Å². The molecule has 23 heavy (non-hydrogen) atoms. The molecule has 1 saturated heterocycles. The van der Waals surface area contributed by atoms with Crippen LogP contribution in [0.15, 0.2) is 18.2 Å². The topological polar surface area (TPSA) is 33.1 Å². The van der Waals surface area contributed by atoms with Crippen LogP contribution >= 0.6 is 11.6 Å². The molecule has 1 saturated carbocycles. The summed E-state index contributed by atoms with van der Waals surface area (Å²) in [6.45, 7) is 5.75. The molecule has 1 aliphatic carbocycles. The number of halogens is 1. The van der Waals surface area contributed by atoms with E-state index in [0.29, 0.717) is 12.1 Å². The van der Waals surface area contributed by atoms with Crippen LogP contribution in [0.25, 0.3) is 11.0 Å². The number of nitrogens with one attached hydrogen (secondary N) is 1. The Morgan fingerprint density at radius 1 is 1.35 bits per heavy atom. The molecule has 124 valence electrons. The highest BCUT2D eigenvalue weighted by molar-refractivity contribution is 6.31. The summed E-state index contributed by atoms with van der Waals surface area (Å²) in [6.07, 6.45) is 4.01. The van der Waals surface area contributed by atoms with Gasteiger partial charge in [0.05, 0.1) is 17.1 Å². The van der Waals surface area contributed by atoms with Crippen molar-refractivity contribution in [2.75, 3.05) is 6.54 Å². The Balaban J connectivity index is 1.51. The predicted octanol–water partition coefficient (Wildman–Crippen LogP) is 3.50. The van der Waals surface area contributed by atoms with Crippen molar-refractivity contribution in [3.05, 3.63) is 29.0 Å². The highest BCUT2D eigenvalue weighted by Crippen LogP contribution is 2.34. The minimum Gasteiger partial charge on any atom is -0.330 e. The number of aryl methyl sites for hydroxylation is 1. The summed E-state index contributed by atoms with van der Waals surface area (Å²) in [5.74, 6) is 1.08. The monoisotopic (exact) mass is 332 g/mol. The van der Waals surface area contributed by atoms with Crippen molar-refractivity contribution in [1.82, 2.24) is 19.8 Å². The Morgan fingerprint density at radius 2 is 2.13 bits per heavy atom. The molecule has 2 aromatic rings. The molecule has 0 bridgehead atoms. The van der Waals surface area contributed by atoms with Crippen molar-refractivity contribution >= 4 is 22.6 Å². The van der Waals surface area contributed by atoms with Crippen LogP contribution in [0.4, 0.5) is 0 Å². The lowest BCUT2D eigenvalue weighted by molar-refractivity contribution is 0.254. The minimum absolute atomic E-state index is 0.238. The molecule has 4 rings (SSSR count). The number of hydrogen-bond donors (Lipinski definition) is 1. The number of rotatable bonds is 4. The van der Waals surface area contributed by atoms with Crippen molar-refractivity contribution in [2.45, 2.75) is 57.3 Å². The lowest BCUT2D eigenvalue weighted by Crippen LogP contribution is -2.36. The molecule has 3 atom stereocenters. The maximum atomic E-state index is 6.09. The second kappa shape index (κ2) is 5.76. The van der Waals surface area contributed by atoms with Gasteiger partial charge in [0.25, 0.3) is 0 Å². The van der Waals surface area contributed by atoms with E-state index in [4.69, 9.17) is 16.6 Å². The lowest BCUT2D eigenvalue weighted by atomic mass is 10.1. The molecular weight excluding hydrogens is 308 g/mol. The second-order valence-corrected chi connectivity index (χ2v) is 7.70. The van der Waals surface area contributed by atoms with Crippen molar-refractivity contribution in [3.8, 4) is 0 Å². The van der Waals surface area contributed by atoms with Gasteiger partial charge in [0.1, 0.15) is 5.82 Å². The fraction of sp³-hybridized carbons (Fsp3) is 0.611. The van der Waals surface area contributed by atoms with Crippen LogP contribution < -0.4 is 5.32 Å². The zero-order valence-corrected chi connectivity index (χ0v) is 14.8. The molecule has 1 aromatic heterocycles. The average molecular weight is 333 g/mol. The number of hydrogen-bond acceptors (Lipinski definition) is 3. The molecule has 1 aliphatic heterocycles. The number of aromatic nitrogens is 2. The fourth-order valence-corrected chi connectivity index (χ4v) is 4.27. The van der Waals surface area contributed by atoms with Crippen molar-refractivity contribution < 1.29 is 0 Å². The molecule has 0 amide bonds. The maximum absolute atomic E-state index is 6.09. The highest BCUT2D eigenvalue weighted by Gasteiger charge is 2.39. The smallest absolute Gasteiger partial charge is 0.126 e. The molecule has 2 aliphatic rings. The minimum atomic E-state index is 0.238. The molecule has 4 nitrogen and oxygen atoms in total. The van der Waals surface area contributed by atoms with E-state index in [9.17, 15) is 0 Å². The van der Waals surface area contributed by atoms with Crippen LogP contribution in [0.3, 0.4) is 0 Å². The molecule has 1 aromatic carbocycles. The van der Waals surface area contributed by atoms with Gasteiger partial charge in [-0.25, -0.2) is 4.98 Å². The summed E-state index contributed by atoms with van der Waals surface area (Å²) in [7, 11) is 2.09. The van der Waals surface area contributed by atoms with Crippen LogP contribution in [0.2, 0.25) is 5.02 Å². The zero-order chi connectivity index (χ0) is 16.1. The fourth-order valence-electron chi connectivity index (χ4n) is 4.10. The molecular formula is C18H25ClN4. The van der Waals surface area contributed by atoms with Crippen LogP contribution in [0.1, 0.15) is 45.0 Å². The Bertz CT molecular complexity index is 721. The largest absolute Gasteiger partial charge is 0.330 e. The van der Waals surface area contributed by atoms with Gasteiger partial charge in [-0.15, -0.1) is 0 Å². The van der Waals surface area contributed by atoms with E-state index in [2.05, 4.69) is 35.7 Å². The van der Waals surface area contributed by atoms with E-state index in [1.54, 1.807) is 0 Å². The molecule has 0 radical (unpaired) electrons. The normalized spacial score (nSPS) is 27.0. The number of likely N-dealkylation sites (tertiary alicyclic amines) is 1. The summed E-state index contributed by atoms with van der Waals surface area (Å²) < 4.78 is 2.18. The van der Waals surface area contributed by atoms with Gasteiger partial charge in [-0.2, -0.15) is 0 Å². The van der Waals surface area contributed by atoms with Gasteiger partial charge in [0.2, 0.25) is 0 Å². The van der Waals surface area contributed by atoms with Crippen LogP contribution in [-0.2, 0) is 7.05 Å². The Kier molecular flexibility index (Phi) is 3.87. The van der Waals surface area contributed by atoms with Crippen molar-refractivity contribution in [1.29, 1.82) is 0 Å². The first-order valence-corrected chi connectivity index (χ1v) is 9.04. The average Bonchev–Trinajstić information content (AvgIpc) is 3.21. The number of fused-ring (bicyclic) bond motifs is 1. The Morgan fingerprint density at radius 3 is 2.87 bits per heavy atom. The summed E-state index contributed by atoms with van der Waals surface area (Å²) >= 11 is 6.09. The lowest BCUT2D eigenvalue weighted by Gasteiger charge is -2.21. The molecule has 5 heteroatoms. The van der Waals surface area contributed by atoms with E-state index in [1.165, 1.54) is 25.8 Å². The van der Waals surface area contributed by atoms with Crippen LogP contribution in [-0.4, -0.2) is 39.1 Å². The van der Waals surface area contributed by atoms with Gasteiger partial charge >= 0.3 is 0 Å². The van der Waals surface area contributed by atoms with Gasteiger partial charge in [0, 0.05) is 36.7 Å². The Hall–Kier alpha value is -1.10. The third-order valence-electron chi connectivity index (χ3n) is 5.39. The molecule has 2 fully saturated rings. The van der Waals surface area contributed by atoms with Gasteiger partial charge < -0.3 is 9.88 Å². The van der Waals surface area contributed by atoms with Crippen molar-refractivity contribution in [2.24, 2.45) is 7.05 Å². The van der Waals surface area contributed by atoms with Crippen molar-refractivity contribution in [3.63, 3.8) is 0 Å². The summed E-state index contributed by atoms with van der Waals surface area (Å²) in [5.41, 5.74) is 2.11. The maximum Gasteiger partial charge on any atom is 0.126 e. The van der Waals surface area contributed by atoms with E-state index in [0.717, 1.165) is 27.9 Å². The first kappa shape index (κ1) is 15.4. The number of benzene rings is 1. The standard InChI is InChI=1S/C18H25ClN4/c1-11-8-14(10-23(11)15-5-6-15)20-12(2)18-21-16-9-13(19)4-7-17(16)22(18)3/h4,7,9,11-12,14-15,20H,5-6,8,10H2,1-3H3.